The zero-order valence-electron chi connectivity index (χ0n) is 37.7. The summed E-state index contributed by atoms with van der Waals surface area (Å²) < 4.78 is 0. The SMILES string of the molecule is C1=CCCC(c2c3ccccc3c(-c3ccccc3)c3c(-c4ccc(N(c5ccccc5)c5ccccc5)cc4)c4ccccc4c(-c4ccc(N(c5ccccc5)c5ccccc5)cc4)c23)=C1. The average molecular weight is 869 g/mol. The number of rotatable bonds is 10. The van der Waals surface area contributed by atoms with Gasteiger partial charge in [-0.15, -0.1) is 0 Å². The molecule has 1 aliphatic rings. The average Bonchev–Trinajstić information content (AvgIpc) is 3.42. The van der Waals surface area contributed by atoms with Crippen molar-refractivity contribution in [3.63, 3.8) is 0 Å². The normalized spacial score (nSPS) is 12.3. The number of allylic oxidation sites excluding steroid dienone is 4. The Kier molecular flexibility index (Phi) is 10.7. The Labute approximate surface area is 398 Å². The van der Waals surface area contributed by atoms with Crippen molar-refractivity contribution in [2.45, 2.75) is 12.8 Å². The molecule has 0 bridgehead atoms. The molecule has 0 saturated heterocycles. The van der Waals surface area contributed by atoms with Crippen LogP contribution in [0.5, 0.6) is 0 Å². The molecule has 2 nitrogen and oxygen atoms in total. The highest BCUT2D eigenvalue weighted by Crippen LogP contribution is 2.53. The van der Waals surface area contributed by atoms with Gasteiger partial charge < -0.3 is 9.80 Å². The molecular weight excluding hydrogens is 821 g/mol. The van der Waals surface area contributed by atoms with Gasteiger partial charge in [-0.05, 0) is 162 Å². The lowest BCUT2D eigenvalue weighted by Crippen LogP contribution is -2.09. The topological polar surface area (TPSA) is 6.48 Å². The molecule has 0 aliphatic heterocycles. The second kappa shape index (κ2) is 17.9. The van der Waals surface area contributed by atoms with E-state index < -0.39 is 0 Å². The lowest BCUT2D eigenvalue weighted by Gasteiger charge is -2.28. The van der Waals surface area contributed by atoms with E-state index in [9.17, 15) is 0 Å². The van der Waals surface area contributed by atoms with Crippen LogP contribution in [0.3, 0.4) is 0 Å². The number of benzene rings is 11. The van der Waals surface area contributed by atoms with Gasteiger partial charge in [0.2, 0.25) is 0 Å². The van der Waals surface area contributed by atoms with Crippen LogP contribution in [0.2, 0.25) is 0 Å². The maximum absolute atomic E-state index is 2.36. The van der Waals surface area contributed by atoms with Crippen LogP contribution in [0.4, 0.5) is 34.1 Å². The van der Waals surface area contributed by atoms with Gasteiger partial charge in [0.05, 0.1) is 0 Å². The molecule has 12 rings (SSSR count). The zero-order valence-corrected chi connectivity index (χ0v) is 37.7. The molecule has 0 atom stereocenters. The van der Waals surface area contributed by atoms with Crippen LogP contribution < -0.4 is 9.80 Å². The molecule has 0 fully saturated rings. The quantitative estimate of drug-likeness (QED) is 0.126. The summed E-state index contributed by atoms with van der Waals surface area (Å²) in [6.07, 6.45) is 8.89. The van der Waals surface area contributed by atoms with E-state index in [4.69, 9.17) is 0 Å². The highest BCUT2D eigenvalue weighted by Gasteiger charge is 2.27. The van der Waals surface area contributed by atoms with E-state index >= 15 is 0 Å². The fourth-order valence-electron chi connectivity index (χ4n) is 10.5. The Bertz CT molecular complexity index is 3540. The Morgan fingerprint density at radius 2 is 0.559 bits per heavy atom. The zero-order chi connectivity index (χ0) is 45.2. The molecule has 322 valence electrons. The Morgan fingerprint density at radius 3 is 0.912 bits per heavy atom. The van der Waals surface area contributed by atoms with E-state index in [-0.39, 0.29) is 0 Å². The van der Waals surface area contributed by atoms with Crippen LogP contribution >= 0.6 is 0 Å². The van der Waals surface area contributed by atoms with Gasteiger partial charge in [0.15, 0.2) is 0 Å². The highest BCUT2D eigenvalue weighted by molar-refractivity contribution is 6.32. The van der Waals surface area contributed by atoms with Crippen molar-refractivity contribution < 1.29 is 0 Å². The van der Waals surface area contributed by atoms with Gasteiger partial charge in [-0.1, -0.05) is 194 Å². The van der Waals surface area contributed by atoms with Crippen molar-refractivity contribution in [1.29, 1.82) is 0 Å². The molecule has 0 spiro atoms. The van der Waals surface area contributed by atoms with Gasteiger partial charge in [-0.25, -0.2) is 0 Å². The summed E-state index contributed by atoms with van der Waals surface area (Å²) in [4.78, 5) is 4.68. The number of fused-ring (bicyclic) bond motifs is 3. The summed E-state index contributed by atoms with van der Waals surface area (Å²) in [5.74, 6) is 0. The number of anilines is 6. The summed E-state index contributed by atoms with van der Waals surface area (Å²) in [6, 6.07) is 90.6. The largest absolute Gasteiger partial charge is 0.311 e. The summed E-state index contributed by atoms with van der Waals surface area (Å²) >= 11 is 0. The number of hydrogen-bond donors (Lipinski definition) is 0. The summed E-state index contributed by atoms with van der Waals surface area (Å²) in [5, 5.41) is 7.53. The maximum atomic E-state index is 2.36. The fourth-order valence-corrected chi connectivity index (χ4v) is 10.5. The molecule has 0 amide bonds. The molecule has 0 unspecified atom stereocenters. The van der Waals surface area contributed by atoms with Gasteiger partial charge in [0.25, 0.3) is 0 Å². The van der Waals surface area contributed by atoms with Gasteiger partial charge in [0.1, 0.15) is 0 Å². The number of hydrogen-bond acceptors (Lipinski definition) is 2. The first-order valence-electron chi connectivity index (χ1n) is 23.7. The fraction of sp³-hybridized carbons (Fsp3) is 0.0303. The lowest BCUT2D eigenvalue weighted by molar-refractivity contribution is 1.06. The molecular formula is C66H48N2. The predicted molar refractivity (Wildman–Crippen MR) is 291 cm³/mol. The molecule has 2 heteroatoms. The van der Waals surface area contributed by atoms with Crippen molar-refractivity contribution in [2.75, 3.05) is 9.80 Å². The summed E-state index contributed by atoms with van der Waals surface area (Å²) in [6.45, 7) is 0. The third-order valence-corrected chi connectivity index (χ3v) is 13.5. The van der Waals surface area contributed by atoms with Crippen LogP contribution in [0.1, 0.15) is 18.4 Å². The standard InChI is InChI=1S/C66H48N2/c1-7-23-47(24-8-1)61-57-35-19-20-36-58(57)62(48-25-9-2-10-26-48)66-64(50-41-45-56(46-42-50)68(53-31-15-5-16-32-53)54-33-17-6-18-34-54)60-38-22-21-37-59(60)63(65(61)66)49-39-43-55(44-40-49)67(51-27-11-3-12-28-51)52-29-13-4-14-30-52/h1-9,11-25,27-46H,10,26H2. The maximum Gasteiger partial charge on any atom is 0.0462 e. The smallest absolute Gasteiger partial charge is 0.0462 e. The third-order valence-electron chi connectivity index (χ3n) is 13.5. The van der Waals surface area contributed by atoms with Crippen LogP contribution in [0, 0.1) is 0 Å². The van der Waals surface area contributed by atoms with Gasteiger partial charge in [-0.2, -0.15) is 0 Å². The van der Waals surface area contributed by atoms with Gasteiger partial charge >= 0.3 is 0 Å². The summed E-state index contributed by atoms with van der Waals surface area (Å²) in [7, 11) is 0. The predicted octanol–water partition coefficient (Wildman–Crippen LogP) is 18.8. The first-order valence-corrected chi connectivity index (χ1v) is 23.7. The monoisotopic (exact) mass is 868 g/mol. The minimum Gasteiger partial charge on any atom is -0.311 e. The first kappa shape index (κ1) is 40.8. The van der Waals surface area contributed by atoms with Crippen molar-refractivity contribution in [3.05, 3.63) is 273 Å². The van der Waals surface area contributed by atoms with Crippen molar-refractivity contribution in [1.82, 2.24) is 0 Å². The van der Waals surface area contributed by atoms with Crippen LogP contribution in [-0.2, 0) is 0 Å². The number of nitrogens with zero attached hydrogens (tertiary/aromatic N) is 2. The first-order chi connectivity index (χ1) is 33.8. The Hall–Kier alpha value is -8.72. The minimum atomic E-state index is 0.966. The molecule has 0 radical (unpaired) electrons. The second-order valence-corrected chi connectivity index (χ2v) is 17.5. The van der Waals surface area contributed by atoms with E-state index in [1.54, 1.807) is 0 Å². The minimum absolute atomic E-state index is 0.966. The van der Waals surface area contributed by atoms with E-state index in [0.29, 0.717) is 0 Å². The second-order valence-electron chi connectivity index (χ2n) is 17.5. The molecule has 0 saturated carbocycles. The van der Waals surface area contributed by atoms with E-state index in [1.807, 2.05) is 0 Å². The number of para-hydroxylation sites is 4. The summed E-state index contributed by atoms with van der Waals surface area (Å²) in [5.41, 5.74) is 16.7. The van der Waals surface area contributed by atoms with Gasteiger partial charge in [-0.3, -0.25) is 0 Å². The molecule has 0 aromatic heterocycles. The van der Waals surface area contributed by atoms with E-state index in [1.165, 1.54) is 76.8 Å². The molecule has 1 aliphatic carbocycles. The van der Waals surface area contributed by atoms with Crippen molar-refractivity contribution in [2.24, 2.45) is 0 Å². The van der Waals surface area contributed by atoms with E-state index in [0.717, 1.165) is 47.0 Å². The van der Waals surface area contributed by atoms with E-state index in [2.05, 4.69) is 277 Å². The van der Waals surface area contributed by atoms with Crippen LogP contribution in [0.15, 0.2) is 267 Å². The molecule has 11 aromatic carbocycles. The van der Waals surface area contributed by atoms with Crippen LogP contribution in [0.25, 0.3) is 71.3 Å². The Morgan fingerprint density at radius 1 is 0.265 bits per heavy atom. The lowest BCUT2D eigenvalue weighted by atomic mass is 9.76. The van der Waals surface area contributed by atoms with Crippen molar-refractivity contribution in [3.8, 4) is 33.4 Å². The molecule has 0 heterocycles. The van der Waals surface area contributed by atoms with Crippen LogP contribution in [-0.4, -0.2) is 0 Å². The van der Waals surface area contributed by atoms with Crippen molar-refractivity contribution >= 4 is 72.0 Å². The molecule has 11 aromatic rings. The molecule has 0 N–H and O–H groups in total. The Balaban J connectivity index is 1.18. The third kappa shape index (κ3) is 7.33. The highest BCUT2D eigenvalue weighted by atomic mass is 15.1. The van der Waals surface area contributed by atoms with Gasteiger partial charge in [0, 0.05) is 34.1 Å². The molecule has 68 heavy (non-hydrogen) atoms.